The van der Waals surface area contributed by atoms with Crippen LogP contribution in [0.25, 0.3) is 0 Å². The number of anilines is 1. The fraction of sp³-hybridized carbons (Fsp3) is 0.812. The zero-order valence-corrected chi connectivity index (χ0v) is 14.2. The molecule has 4 heteroatoms. The minimum absolute atomic E-state index is 0.508. The SMILES string of the molecule is CCNCc1sc(N(C)C2CCCCC2)nc1C(C)C. The average molecular weight is 295 g/mol. The fourth-order valence-electron chi connectivity index (χ4n) is 2.94. The summed E-state index contributed by atoms with van der Waals surface area (Å²) in [4.78, 5) is 8.79. The van der Waals surface area contributed by atoms with E-state index in [0.717, 1.165) is 13.1 Å². The number of nitrogens with zero attached hydrogens (tertiary/aromatic N) is 2. The Morgan fingerprint density at radius 1 is 1.30 bits per heavy atom. The monoisotopic (exact) mass is 295 g/mol. The second-order valence-electron chi connectivity index (χ2n) is 6.14. The maximum Gasteiger partial charge on any atom is 0.185 e. The van der Waals surface area contributed by atoms with Gasteiger partial charge in [0.25, 0.3) is 0 Å². The van der Waals surface area contributed by atoms with Crippen LogP contribution in [0, 0.1) is 0 Å². The summed E-state index contributed by atoms with van der Waals surface area (Å²) in [6.45, 7) is 8.62. The minimum atomic E-state index is 0.508. The molecule has 0 bridgehead atoms. The highest BCUT2D eigenvalue weighted by atomic mass is 32.1. The molecule has 0 saturated heterocycles. The molecule has 0 spiro atoms. The Bertz CT molecular complexity index is 408. The number of hydrogen-bond donors (Lipinski definition) is 1. The smallest absolute Gasteiger partial charge is 0.185 e. The van der Waals surface area contributed by atoms with E-state index in [9.17, 15) is 0 Å². The zero-order valence-electron chi connectivity index (χ0n) is 13.4. The average Bonchev–Trinajstić information content (AvgIpc) is 2.89. The lowest BCUT2D eigenvalue weighted by Crippen LogP contribution is -2.33. The molecule has 0 unspecified atom stereocenters. The van der Waals surface area contributed by atoms with Crippen LogP contribution in [0.15, 0.2) is 0 Å². The van der Waals surface area contributed by atoms with Crippen molar-refractivity contribution in [2.45, 2.75) is 71.4 Å². The van der Waals surface area contributed by atoms with Gasteiger partial charge in [-0.2, -0.15) is 0 Å². The van der Waals surface area contributed by atoms with E-state index >= 15 is 0 Å². The second-order valence-corrected chi connectivity index (χ2v) is 7.20. The Balaban J connectivity index is 2.13. The first-order chi connectivity index (χ1) is 9.63. The van der Waals surface area contributed by atoms with Crippen molar-refractivity contribution in [2.75, 3.05) is 18.5 Å². The van der Waals surface area contributed by atoms with Crippen LogP contribution in [-0.4, -0.2) is 24.6 Å². The Morgan fingerprint density at radius 2 is 2.00 bits per heavy atom. The van der Waals surface area contributed by atoms with Crippen LogP contribution < -0.4 is 10.2 Å². The lowest BCUT2D eigenvalue weighted by atomic mass is 9.95. The number of nitrogens with one attached hydrogen (secondary N) is 1. The van der Waals surface area contributed by atoms with Crippen LogP contribution in [0.4, 0.5) is 5.13 Å². The zero-order chi connectivity index (χ0) is 14.5. The van der Waals surface area contributed by atoms with Crippen molar-refractivity contribution in [1.29, 1.82) is 0 Å². The molecule has 1 N–H and O–H groups in total. The van der Waals surface area contributed by atoms with Crippen LogP contribution in [0.5, 0.6) is 0 Å². The molecule has 2 rings (SSSR count). The van der Waals surface area contributed by atoms with Crippen LogP contribution in [0.1, 0.15) is 69.4 Å². The fourth-order valence-corrected chi connectivity index (χ4v) is 4.16. The molecule has 0 amide bonds. The molecule has 114 valence electrons. The van der Waals surface area contributed by atoms with E-state index in [4.69, 9.17) is 4.98 Å². The molecule has 1 aliphatic carbocycles. The summed E-state index contributed by atoms with van der Waals surface area (Å²) in [5.74, 6) is 0.508. The third-order valence-corrected chi connectivity index (χ3v) is 5.38. The molecule has 0 radical (unpaired) electrons. The summed E-state index contributed by atoms with van der Waals surface area (Å²) in [6.07, 6.45) is 6.82. The van der Waals surface area contributed by atoms with Gasteiger partial charge in [-0.3, -0.25) is 0 Å². The molecule has 1 aliphatic rings. The molecule has 20 heavy (non-hydrogen) atoms. The number of aromatic nitrogens is 1. The van der Waals surface area contributed by atoms with E-state index in [1.54, 1.807) is 0 Å². The van der Waals surface area contributed by atoms with Crippen LogP contribution in [-0.2, 0) is 6.54 Å². The Morgan fingerprint density at radius 3 is 2.60 bits per heavy atom. The van der Waals surface area contributed by atoms with Crippen LogP contribution in [0.3, 0.4) is 0 Å². The van der Waals surface area contributed by atoms with Gasteiger partial charge in [0.05, 0.1) is 5.69 Å². The summed E-state index contributed by atoms with van der Waals surface area (Å²) in [6, 6.07) is 0.696. The normalized spacial score (nSPS) is 16.9. The first kappa shape index (κ1) is 15.8. The third kappa shape index (κ3) is 3.73. The van der Waals surface area contributed by atoms with Crippen LogP contribution >= 0.6 is 11.3 Å². The van der Waals surface area contributed by atoms with E-state index in [0.29, 0.717) is 12.0 Å². The molecule has 1 fully saturated rings. The van der Waals surface area contributed by atoms with Gasteiger partial charge in [0.1, 0.15) is 0 Å². The number of hydrogen-bond acceptors (Lipinski definition) is 4. The van der Waals surface area contributed by atoms with Gasteiger partial charge in [-0.25, -0.2) is 4.98 Å². The largest absolute Gasteiger partial charge is 0.348 e. The summed E-state index contributed by atoms with van der Waals surface area (Å²) in [5, 5.41) is 4.66. The molecule has 1 aromatic rings. The lowest BCUT2D eigenvalue weighted by molar-refractivity contribution is 0.427. The van der Waals surface area contributed by atoms with E-state index < -0.39 is 0 Å². The van der Waals surface area contributed by atoms with Gasteiger partial charge in [-0.1, -0.05) is 40.0 Å². The molecular formula is C16H29N3S. The first-order valence-electron chi connectivity index (χ1n) is 8.06. The molecule has 1 heterocycles. The molecule has 0 aromatic carbocycles. The minimum Gasteiger partial charge on any atom is -0.348 e. The summed E-state index contributed by atoms with van der Waals surface area (Å²) in [5.41, 5.74) is 1.29. The number of rotatable bonds is 6. The van der Waals surface area contributed by atoms with Gasteiger partial charge in [0, 0.05) is 24.5 Å². The van der Waals surface area contributed by atoms with Crippen molar-refractivity contribution in [1.82, 2.24) is 10.3 Å². The maximum absolute atomic E-state index is 4.94. The maximum atomic E-state index is 4.94. The predicted octanol–water partition coefficient (Wildman–Crippen LogP) is 4.14. The van der Waals surface area contributed by atoms with Gasteiger partial charge in [-0.05, 0) is 25.3 Å². The van der Waals surface area contributed by atoms with E-state index in [-0.39, 0.29) is 0 Å². The Labute approximate surface area is 127 Å². The Kier molecular flexibility index (Phi) is 5.85. The highest BCUT2D eigenvalue weighted by molar-refractivity contribution is 7.15. The number of thiazole rings is 1. The van der Waals surface area contributed by atoms with Gasteiger partial charge >= 0.3 is 0 Å². The molecule has 1 saturated carbocycles. The molecule has 0 aliphatic heterocycles. The van der Waals surface area contributed by atoms with Crippen molar-refractivity contribution >= 4 is 16.5 Å². The summed E-state index contributed by atoms with van der Waals surface area (Å²) < 4.78 is 0. The summed E-state index contributed by atoms with van der Waals surface area (Å²) in [7, 11) is 2.23. The molecule has 3 nitrogen and oxygen atoms in total. The lowest BCUT2D eigenvalue weighted by Gasteiger charge is -2.30. The predicted molar refractivity (Wildman–Crippen MR) is 88.9 cm³/mol. The van der Waals surface area contributed by atoms with Crippen molar-refractivity contribution in [2.24, 2.45) is 0 Å². The van der Waals surface area contributed by atoms with Crippen molar-refractivity contribution in [3.8, 4) is 0 Å². The molecule has 0 atom stereocenters. The third-order valence-electron chi connectivity index (χ3n) is 4.22. The topological polar surface area (TPSA) is 28.2 Å². The first-order valence-corrected chi connectivity index (χ1v) is 8.88. The van der Waals surface area contributed by atoms with E-state index in [2.05, 4.69) is 38.0 Å². The highest BCUT2D eigenvalue weighted by Gasteiger charge is 2.22. The van der Waals surface area contributed by atoms with Crippen molar-refractivity contribution in [3.63, 3.8) is 0 Å². The highest BCUT2D eigenvalue weighted by Crippen LogP contribution is 2.33. The van der Waals surface area contributed by atoms with E-state index in [1.807, 2.05) is 11.3 Å². The second kappa shape index (κ2) is 7.41. The standard InChI is InChI=1S/C16H29N3S/c1-5-17-11-14-15(12(2)3)18-16(20-14)19(4)13-9-7-6-8-10-13/h12-13,17H,5-11H2,1-4H3. The van der Waals surface area contributed by atoms with Gasteiger partial charge in [0.2, 0.25) is 0 Å². The van der Waals surface area contributed by atoms with Crippen LogP contribution in [0.2, 0.25) is 0 Å². The molecule has 1 aromatic heterocycles. The summed E-state index contributed by atoms with van der Waals surface area (Å²) >= 11 is 1.88. The van der Waals surface area contributed by atoms with Crippen molar-refractivity contribution < 1.29 is 0 Å². The molecular weight excluding hydrogens is 266 g/mol. The van der Waals surface area contributed by atoms with Gasteiger partial charge in [-0.15, -0.1) is 11.3 Å². The van der Waals surface area contributed by atoms with Gasteiger partial charge < -0.3 is 10.2 Å². The van der Waals surface area contributed by atoms with Gasteiger partial charge in [0.15, 0.2) is 5.13 Å². The quantitative estimate of drug-likeness (QED) is 0.854. The van der Waals surface area contributed by atoms with Crippen molar-refractivity contribution in [3.05, 3.63) is 10.6 Å². The van der Waals surface area contributed by atoms with E-state index in [1.165, 1.54) is 47.8 Å². The Hall–Kier alpha value is -0.610.